The topological polar surface area (TPSA) is 53.1 Å². The van der Waals surface area contributed by atoms with Crippen LogP contribution < -0.4 is 5.73 Å². The number of nitrogens with one attached hydrogen (secondary N) is 1. The summed E-state index contributed by atoms with van der Waals surface area (Å²) in [6, 6.07) is 8.05. The molecule has 0 atom stereocenters. The SMILES string of the molecule is N=C(N)CCCN1CC=C(c2ccc(Cl)cc2)CC1. The molecule has 0 radical (unpaired) electrons. The molecule has 1 aromatic carbocycles. The molecule has 0 aromatic heterocycles. The van der Waals surface area contributed by atoms with E-state index in [0.29, 0.717) is 6.42 Å². The van der Waals surface area contributed by atoms with E-state index in [2.05, 4.69) is 23.1 Å². The number of nitrogens with two attached hydrogens (primary N) is 1. The number of rotatable bonds is 5. The summed E-state index contributed by atoms with van der Waals surface area (Å²) in [5.74, 6) is 0.286. The van der Waals surface area contributed by atoms with Gasteiger partial charge < -0.3 is 5.73 Å². The smallest absolute Gasteiger partial charge is 0.0905 e. The van der Waals surface area contributed by atoms with Crippen LogP contribution in [0.5, 0.6) is 0 Å². The second-order valence-electron chi connectivity index (χ2n) is 4.92. The van der Waals surface area contributed by atoms with E-state index in [4.69, 9.17) is 22.7 Å². The first kappa shape index (κ1) is 14.1. The third-order valence-corrected chi connectivity index (χ3v) is 3.68. The summed E-state index contributed by atoms with van der Waals surface area (Å²) in [5, 5.41) is 7.99. The average molecular weight is 278 g/mol. The highest BCUT2D eigenvalue weighted by molar-refractivity contribution is 6.30. The molecule has 0 unspecified atom stereocenters. The van der Waals surface area contributed by atoms with Gasteiger partial charge in [0.1, 0.15) is 0 Å². The van der Waals surface area contributed by atoms with Gasteiger partial charge in [-0.25, -0.2) is 0 Å². The predicted octanol–water partition coefficient (Wildman–Crippen LogP) is 3.15. The lowest BCUT2D eigenvalue weighted by molar-refractivity contribution is 0.300. The monoisotopic (exact) mass is 277 g/mol. The second-order valence-corrected chi connectivity index (χ2v) is 5.35. The van der Waals surface area contributed by atoms with Gasteiger partial charge in [0.25, 0.3) is 0 Å². The molecule has 1 aliphatic rings. The Bertz CT molecular complexity index is 465. The lowest BCUT2D eigenvalue weighted by Crippen LogP contribution is -2.30. The lowest BCUT2D eigenvalue weighted by atomic mass is 9.99. The summed E-state index contributed by atoms with van der Waals surface area (Å²) in [7, 11) is 0. The molecular weight excluding hydrogens is 258 g/mol. The molecule has 19 heavy (non-hydrogen) atoms. The Morgan fingerprint density at radius 2 is 2.05 bits per heavy atom. The number of nitrogens with zero attached hydrogens (tertiary/aromatic N) is 1. The Morgan fingerprint density at radius 1 is 1.32 bits per heavy atom. The Morgan fingerprint density at radius 3 is 2.63 bits per heavy atom. The normalized spacial score (nSPS) is 16.2. The van der Waals surface area contributed by atoms with Crippen LogP contribution in [0.2, 0.25) is 5.02 Å². The zero-order chi connectivity index (χ0) is 13.7. The molecule has 102 valence electrons. The van der Waals surface area contributed by atoms with E-state index in [-0.39, 0.29) is 5.84 Å². The molecule has 1 aliphatic heterocycles. The van der Waals surface area contributed by atoms with Gasteiger partial charge in [0.05, 0.1) is 5.84 Å². The van der Waals surface area contributed by atoms with Crippen LogP contribution >= 0.6 is 11.6 Å². The Hall–Kier alpha value is -1.32. The van der Waals surface area contributed by atoms with Crippen molar-refractivity contribution >= 4 is 23.0 Å². The van der Waals surface area contributed by atoms with Crippen LogP contribution in [0.1, 0.15) is 24.8 Å². The van der Waals surface area contributed by atoms with E-state index in [1.165, 1.54) is 11.1 Å². The summed E-state index contributed by atoms with van der Waals surface area (Å²) in [6.07, 6.45) is 5.03. The fourth-order valence-corrected chi connectivity index (χ4v) is 2.46. The molecule has 3 nitrogen and oxygen atoms in total. The van der Waals surface area contributed by atoms with Gasteiger partial charge in [0, 0.05) is 24.5 Å². The van der Waals surface area contributed by atoms with Crippen LogP contribution in [0.4, 0.5) is 0 Å². The molecule has 0 bridgehead atoms. The van der Waals surface area contributed by atoms with Crippen molar-refractivity contribution in [2.75, 3.05) is 19.6 Å². The maximum Gasteiger partial charge on any atom is 0.0905 e. The summed E-state index contributed by atoms with van der Waals surface area (Å²) >= 11 is 5.90. The van der Waals surface area contributed by atoms with E-state index in [1.807, 2.05) is 12.1 Å². The van der Waals surface area contributed by atoms with E-state index in [9.17, 15) is 0 Å². The van der Waals surface area contributed by atoms with Crippen molar-refractivity contribution in [2.24, 2.45) is 5.73 Å². The predicted molar refractivity (Wildman–Crippen MR) is 81.6 cm³/mol. The van der Waals surface area contributed by atoms with E-state index < -0.39 is 0 Å². The van der Waals surface area contributed by atoms with Crippen LogP contribution in [-0.4, -0.2) is 30.4 Å². The molecule has 0 spiro atoms. The average Bonchev–Trinajstić information content (AvgIpc) is 2.40. The van der Waals surface area contributed by atoms with Gasteiger partial charge in [-0.1, -0.05) is 29.8 Å². The highest BCUT2D eigenvalue weighted by Gasteiger charge is 2.12. The van der Waals surface area contributed by atoms with Gasteiger partial charge >= 0.3 is 0 Å². The minimum atomic E-state index is 0.286. The van der Waals surface area contributed by atoms with Gasteiger partial charge in [0.15, 0.2) is 0 Å². The van der Waals surface area contributed by atoms with E-state index in [0.717, 1.165) is 37.5 Å². The number of hydrogen-bond acceptors (Lipinski definition) is 2. The Kier molecular flexibility index (Phi) is 5.00. The highest BCUT2D eigenvalue weighted by atomic mass is 35.5. The minimum Gasteiger partial charge on any atom is -0.388 e. The summed E-state index contributed by atoms with van der Waals surface area (Å²) < 4.78 is 0. The molecule has 0 saturated heterocycles. The number of benzene rings is 1. The molecule has 3 N–H and O–H groups in total. The summed E-state index contributed by atoms with van der Waals surface area (Å²) in [4.78, 5) is 2.41. The van der Waals surface area contributed by atoms with E-state index in [1.54, 1.807) is 0 Å². The maximum atomic E-state index is 7.21. The summed E-state index contributed by atoms with van der Waals surface area (Å²) in [5.41, 5.74) is 8.03. The molecule has 0 fully saturated rings. The first-order valence-electron chi connectivity index (χ1n) is 6.65. The van der Waals surface area contributed by atoms with Crippen molar-refractivity contribution in [3.63, 3.8) is 0 Å². The van der Waals surface area contributed by atoms with Gasteiger partial charge in [-0.15, -0.1) is 0 Å². The van der Waals surface area contributed by atoms with Gasteiger partial charge in [-0.05, 0) is 42.7 Å². The van der Waals surface area contributed by atoms with Crippen molar-refractivity contribution in [2.45, 2.75) is 19.3 Å². The van der Waals surface area contributed by atoms with Gasteiger partial charge in [-0.3, -0.25) is 10.3 Å². The fraction of sp³-hybridized carbons (Fsp3) is 0.400. The molecule has 1 heterocycles. The summed E-state index contributed by atoms with van der Waals surface area (Å²) in [6.45, 7) is 3.08. The van der Waals surface area contributed by atoms with Crippen LogP contribution in [0.15, 0.2) is 30.3 Å². The molecule has 0 saturated carbocycles. The van der Waals surface area contributed by atoms with Gasteiger partial charge in [-0.2, -0.15) is 0 Å². The molecule has 0 amide bonds. The van der Waals surface area contributed by atoms with Crippen molar-refractivity contribution in [1.29, 1.82) is 5.41 Å². The third kappa shape index (κ3) is 4.37. The van der Waals surface area contributed by atoms with Crippen LogP contribution in [-0.2, 0) is 0 Å². The first-order valence-corrected chi connectivity index (χ1v) is 7.03. The number of amidine groups is 1. The second kappa shape index (κ2) is 6.73. The lowest BCUT2D eigenvalue weighted by Gasteiger charge is -2.26. The largest absolute Gasteiger partial charge is 0.388 e. The highest BCUT2D eigenvalue weighted by Crippen LogP contribution is 2.23. The van der Waals surface area contributed by atoms with Crippen molar-refractivity contribution < 1.29 is 0 Å². The first-order chi connectivity index (χ1) is 9.15. The van der Waals surface area contributed by atoms with Gasteiger partial charge in [0.2, 0.25) is 0 Å². The van der Waals surface area contributed by atoms with Crippen molar-refractivity contribution in [3.05, 3.63) is 40.9 Å². The number of halogens is 1. The molecule has 2 rings (SSSR count). The third-order valence-electron chi connectivity index (χ3n) is 3.43. The zero-order valence-electron chi connectivity index (χ0n) is 11.0. The molecule has 0 aliphatic carbocycles. The van der Waals surface area contributed by atoms with Crippen LogP contribution in [0.25, 0.3) is 5.57 Å². The molecule has 4 heteroatoms. The quantitative estimate of drug-likeness (QED) is 0.642. The number of hydrogen-bond donors (Lipinski definition) is 2. The van der Waals surface area contributed by atoms with Crippen molar-refractivity contribution in [3.8, 4) is 0 Å². The van der Waals surface area contributed by atoms with Crippen LogP contribution in [0, 0.1) is 5.41 Å². The maximum absolute atomic E-state index is 7.21. The standard InChI is InChI=1S/C15H20ClN3/c16-14-5-3-12(4-6-14)13-7-10-19(11-8-13)9-1-2-15(17)18/h3-7H,1-2,8-11H2,(H3,17,18). The van der Waals surface area contributed by atoms with E-state index >= 15 is 0 Å². The minimum absolute atomic E-state index is 0.286. The fourth-order valence-electron chi connectivity index (χ4n) is 2.33. The molecular formula is C15H20ClN3. The van der Waals surface area contributed by atoms with Crippen molar-refractivity contribution in [1.82, 2.24) is 4.90 Å². The van der Waals surface area contributed by atoms with Crippen LogP contribution in [0.3, 0.4) is 0 Å². The zero-order valence-corrected chi connectivity index (χ0v) is 11.8. The Balaban J connectivity index is 1.85. The molecule has 1 aromatic rings. The Labute approximate surface area is 119 Å².